The SMILES string of the molecule is CCOCC[C@H]1CCOC12CN(S(=O)(=O)c1cc(C)cc(C)c1)C2. The van der Waals surface area contributed by atoms with E-state index in [1.807, 2.05) is 26.8 Å². The molecule has 2 saturated heterocycles. The van der Waals surface area contributed by atoms with Crippen LogP contribution in [0.1, 0.15) is 30.9 Å². The minimum Gasteiger partial charge on any atom is -0.382 e. The average Bonchev–Trinajstić information content (AvgIpc) is 2.89. The first-order valence-electron chi connectivity index (χ1n) is 8.67. The van der Waals surface area contributed by atoms with Gasteiger partial charge >= 0.3 is 0 Å². The molecule has 0 radical (unpaired) electrons. The molecule has 134 valence electrons. The molecule has 0 N–H and O–H groups in total. The molecule has 1 aromatic rings. The van der Waals surface area contributed by atoms with Gasteiger partial charge in [-0.25, -0.2) is 8.42 Å². The topological polar surface area (TPSA) is 55.8 Å². The lowest BCUT2D eigenvalue weighted by molar-refractivity contribution is -0.105. The molecule has 2 aliphatic rings. The maximum absolute atomic E-state index is 12.9. The number of sulfonamides is 1. The summed E-state index contributed by atoms with van der Waals surface area (Å²) < 4.78 is 38.7. The quantitative estimate of drug-likeness (QED) is 0.738. The normalized spacial score (nSPS) is 23.5. The molecule has 2 heterocycles. The summed E-state index contributed by atoms with van der Waals surface area (Å²) in [6.07, 6.45) is 1.93. The molecule has 0 aliphatic carbocycles. The van der Waals surface area contributed by atoms with Crippen LogP contribution in [0, 0.1) is 19.8 Å². The van der Waals surface area contributed by atoms with E-state index in [1.54, 1.807) is 16.4 Å². The highest BCUT2D eigenvalue weighted by molar-refractivity contribution is 7.89. The minimum atomic E-state index is -3.44. The van der Waals surface area contributed by atoms with E-state index in [0.29, 0.717) is 37.1 Å². The summed E-state index contributed by atoms with van der Waals surface area (Å²) >= 11 is 0. The van der Waals surface area contributed by atoms with E-state index in [9.17, 15) is 8.42 Å². The van der Waals surface area contributed by atoms with Gasteiger partial charge in [-0.05, 0) is 62.8 Å². The Morgan fingerprint density at radius 2 is 1.92 bits per heavy atom. The number of hydrogen-bond acceptors (Lipinski definition) is 4. The van der Waals surface area contributed by atoms with Gasteiger partial charge in [0.05, 0.1) is 10.5 Å². The molecule has 1 atom stereocenters. The Bertz CT molecular complexity index is 675. The first-order valence-corrected chi connectivity index (χ1v) is 10.1. The Labute approximate surface area is 145 Å². The highest BCUT2D eigenvalue weighted by atomic mass is 32.2. The van der Waals surface area contributed by atoms with Gasteiger partial charge in [-0.1, -0.05) is 6.07 Å². The maximum Gasteiger partial charge on any atom is 0.243 e. The molecule has 1 spiro atoms. The predicted octanol–water partition coefficient (Wildman–Crippen LogP) is 2.51. The van der Waals surface area contributed by atoms with Gasteiger partial charge in [0, 0.05) is 32.9 Å². The molecule has 0 aromatic heterocycles. The van der Waals surface area contributed by atoms with Crippen LogP contribution in [0.2, 0.25) is 0 Å². The summed E-state index contributed by atoms with van der Waals surface area (Å²) in [5.41, 5.74) is 1.63. The second-order valence-electron chi connectivity index (χ2n) is 6.98. The van der Waals surface area contributed by atoms with Crippen LogP contribution in [0.15, 0.2) is 23.1 Å². The molecule has 1 aromatic carbocycles. The van der Waals surface area contributed by atoms with Crippen molar-refractivity contribution in [2.45, 2.75) is 44.1 Å². The van der Waals surface area contributed by atoms with Crippen molar-refractivity contribution in [1.82, 2.24) is 4.31 Å². The van der Waals surface area contributed by atoms with E-state index in [1.165, 1.54) is 0 Å². The lowest BCUT2D eigenvalue weighted by Gasteiger charge is -2.49. The van der Waals surface area contributed by atoms with E-state index in [-0.39, 0.29) is 5.60 Å². The Balaban J connectivity index is 1.70. The Morgan fingerprint density at radius 1 is 1.25 bits per heavy atom. The van der Waals surface area contributed by atoms with Crippen molar-refractivity contribution in [2.75, 3.05) is 32.9 Å². The highest BCUT2D eigenvalue weighted by Crippen LogP contribution is 2.43. The average molecular weight is 353 g/mol. The zero-order valence-electron chi connectivity index (χ0n) is 14.7. The van der Waals surface area contributed by atoms with Crippen molar-refractivity contribution in [3.05, 3.63) is 29.3 Å². The van der Waals surface area contributed by atoms with Crippen LogP contribution in [0.4, 0.5) is 0 Å². The third-order valence-corrected chi connectivity index (χ3v) is 6.91. The van der Waals surface area contributed by atoms with Gasteiger partial charge < -0.3 is 9.47 Å². The lowest BCUT2D eigenvalue weighted by atomic mass is 9.80. The van der Waals surface area contributed by atoms with Crippen LogP contribution < -0.4 is 0 Å². The first kappa shape index (κ1) is 17.9. The molecule has 2 fully saturated rings. The van der Waals surface area contributed by atoms with Crippen molar-refractivity contribution >= 4 is 10.0 Å². The molecule has 0 unspecified atom stereocenters. The third-order valence-electron chi connectivity index (χ3n) is 5.14. The molecular weight excluding hydrogens is 326 g/mol. The van der Waals surface area contributed by atoms with Crippen molar-refractivity contribution in [3.8, 4) is 0 Å². The molecule has 5 nitrogen and oxygen atoms in total. The molecule has 0 saturated carbocycles. The van der Waals surface area contributed by atoms with Crippen LogP contribution in [-0.2, 0) is 19.5 Å². The van der Waals surface area contributed by atoms with Crippen molar-refractivity contribution in [3.63, 3.8) is 0 Å². The van der Waals surface area contributed by atoms with Crippen molar-refractivity contribution in [1.29, 1.82) is 0 Å². The van der Waals surface area contributed by atoms with Crippen LogP contribution in [-0.4, -0.2) is 51.2 Å². The highest BCUT2D eigenvalue weighted by Gasteiger charge is 2.56. The van der Waals surface area contributed by atoms with Gasteiger partial charge in [0.25, 0.3) is 0 Å². The number of nitrogens with zero attached hydrogens (tertiary/aromatic N) is 1. The fourth-order valence-corrected chi connectivity index (χ4v) is 5.61. The van der Waals surface area contributed by atoms with Gasteiger partial charge in [-0.3, -0.25) is 0 Å². The predicted molar refractivity (Wildman–Crippen MR) is 92.6 cm³/mol. The van der Waals surface area contributed by atoms with Gasteiger partial charge in [-0.2, -0.15) is 4.31 Å². The molecule has 6 heteroatoms. The molecule has 24 heavy (non-hydrogen) atoms. The van der Waals surface area contributed by atoms with Gasteiger partial charge in [0.1, 0.15) is 0 Å². The Kier molecular flexibility index (Phi) is 5.02. The van der Waals surface area contributed by atoms with Gasteiger partial charge in [0.15, 0.2) is 0 Å². The smallest absolute Gasteiger partial charge is 0.243 e. The van der Waals surface area contributed by atoms with Crippen molar-refractivity contribution in [2.24, 2.45) is 5.92 Å². The molecule has 0 bridgehead atoms. The van der Waals surface area contributed by atoms with Gasteiger partial charge in [-0.15, -0.1) is 0 Å². The first-order chi connectivity index (χ1) is 11.4. The Morgan fingerprint density at radius 3 is 2.54 bits per heavy atom. The van der Waals surface area contributed by atoms with Crippen LogP contribution >= 0.6 is 0 Å². The van der Waals surface area contributed by atoms with E-state index in [4.69, 9.17) is 9.47 Å². The van der Waals surface area contributed by atoms with E-state index in [2.05, 4.69) is 0 Å². The van der Waals surface area contributed by atoms with E-state index < -0.39 is 10.0 Å². The molecule has 2 aliphatic heterocycles. The van der Waals surface area contributed by atoms with Crippen LogP contribution in [0.25, 0.3) is 0 Å². The lowest BCUT2D eigenvalue weighted by Crippen LogP contribution is -2.65. The van der Waals surface area contributed by atoms with Gasteiger partial charge in [0.2, 0.25) is 10.0 Å². The third kappa shape index (κ3) is 3.25. The molecule has 0 amide bonds. The summed E-state index contributed by atoms with van der Waals surface area (Å²) in [6, 6.07) is 5.48. The number of aryl methyl sites for hydroxylation is 2. The largest absolute Gasteiger partial charge is 0.382 e. The number of benzene rings is 1. The summed E-state index contributed by atoms with van der Waals surface area (Å²) in [5, 5.41) is 0. The summed E-state index contributed by atoms with van der Waals surface area (Å²) in [5.74, 6) is 0.384. The van der Waals surface area contributed by atoms with Crippen LogP contribution in [0.3, 0.4) is 0 Å². The molecular formula is C18H27NO4S. The monoisotopic (exact) mass is 353 g/mol. The van der Waals surface area contributed by atoms with Crippen molar-refractivity contribution < 1.29 is 17.9 Å². The Hall–Kier alpha value is -0.950. The zero-order chi connectivity index (χ0) is 17.4. The fraction of sp³-hybridized carbons (Fsp3) is 0.667. The van der Waals surface area contributed by atoms with E-state index >= 15 is 0 Å². The summed E-state index contributed by atoms with van der Waals surface area (Å²) in [6.45, 7) is 8.90. The number of rotatable bonds is 6. The van der Waals surface area contributed by atoms with Crippen LogP contribution in [0.5, 0.6) is 0 Å². The minimum absolute atomic E-state index is 0.303. The second-order valence-corrected chi connectivity index (χ2v) is 8.92. The molecule has 3 rings (SSSR count). The fourth-order valence-electron chi connectivity index (χ4n) is 3.86. The number of hydrogen-bond donors (Lipinski definition) is 0. The summed E-state index contributed by atoms with van der Waals surface area (Å²) in [4.78, 5) is 0.388. The summed E-state index contributed by atoms with van der Waals surface area (Å²) in [7, 11) is -3.44. The second kappa shape index (κ2) is 6.75. The standard InChI is InChI=1S/C18H27NO4S/c1-4-22-7-5-16-6-8-23-18(16)12-19(13-18)24(20,21)17-10-14(2)9-15(3)11-17/h9-11,16H,4-8,12-13H2,1-3H3/t16-/m0/s1. The van der Waals surface area contributed by atoms with E-state index in [0.717, 1.165) is 30.6 Å². The number of ether oxygens (including phenoxy) is 2. The maximum atomic E-state index is 12.9. The zero-order valence-corrected chi connectivity index (χ0v) is 15.6.